The van der Waals surface area contributed by atoms with E-state index in [1.165, 1.54) is 0 Å². The number of hydrogen-bond acceptors (Lipinski definition) is 5. The fourth-order valence-electron chi connectivity index (χ4n) is 2.07. The molecule has 0 aromatic heterocycles. The second-order valence-corrected chi connectivity index (χ2v) is 5.07. The van der Waals surface area contributed by atoms with Crippen molar-refractivity contribution in [3.05, 3.63) is 29.3 Å². The molecular weight excluding hydrogens is 270 g/mol. The van der Waals surface area contributed by atoms with E-state index in [9.17, 15) is 0 Å². The summed E-state index contributed by atoms with van der Waals surface area (Å²) in [6.07, 6.45) is 0. The van der Waals surface area contributed by atoms with E-state index in [0.29, 0.717) is 24.8 Å². The quantitative estimate of drug-likeness (QED) is 0.330. The molecule has 0 aliphatic carbocycles. The van der Waals surface area contributed by atoms with E-state index in [1.54, 1.807) is 20.3 Å². The molecule has 118 valence electrons. The van der Waals surface area contributed by atoms with Gasteiger partial charge in [-0.1, -0.05) is 5.16 Å². The first kappa shape index (κ1) is 17.3. The van der Waals surface area contributed by atoms with Crippen molar-refractivity contribution in [2.24, 2.45) is 10.9 Å². The third-order valence-corrected chi connectivity index (χ3v) is 3.37. The molecule has 0 spiro atoms. The Balaban J connectivity index is 3.02. The largest absolute Gasteiger partial charge is 0.496 e. The fourth-order valence-corrected chi connectivity index (χ4v) is 2.07. The monoisotopic (exact) mass is 295 g/mol. The first-order chi connectivity index (χ1) is 10.0. The van der Waals surface area contributed by atoms with Crippen molar-refractivity contribution in [3.8, 4) is 5.75 Å². The number of benzene rings is 1. The van der Waals surface area contributed by atoms with Gasteiger partial charge >= 0.3 is 0 Å². The average molecular weight is 295 g/mol. The predicted molar refractivity (Wildman–Crippen MR) is 82.9 cm³/mol. The highest BCUT2D eigenvalue weighted by molar-refractivity contribution is 5.97. The molecule has 6 nitrogen and oxygen atoms in total. The highest BCUT2D eigenvalue weighted by Gasteiger charge is 2.14. The van der Waals surface area contributed by atoms with E-state index >= 15 is 0 Å². The standard InChI is InChI=1S/C15H25N3O3/c1-11(2)18(7-8-20-3)10-13-9-12(15(16)17-19)5-6-14(13)21-4/h5-6,9,11,19H,7-8,10H2,1-4H3,(H2,16,17). The van der Waals surface area contributed by atoms with E-state index in [4.69, 9.17) is 20.4 Å². The van der Waals surface area contributed by atoms with Gasteiger partial charge in [-0.3, -0.25) is 4.90 Å². The van der Waals surface area contributed by atoms with Crippen LogP contribution in [-0.4, -0.2) is 49.4 Å². The number of nitrogens with two attached hydrogens (primary N) is 1. The lowest BCUT2D eigenvalue weighted by molar-refractivity contribution is 0.124. The zero-order valence-electron chi connectivity index (χ0n) is 13.2. The molecular formula is C15H25N3O3. The highest BCUT2D eigenvalue weighted by Crippen LogP contribution is 2.22. The van der Waals surface area contributed by atoms with Gasteiger partial charge in [0.1, 0.15) is 5.75 Å². The second kappa shape index (κ2) is 8.49. The Labute approximate surface area is 126 Å². The van der Waals surface area contributed by atoms with Crippen molar-refractivity contribution in [2.45, 2.75) is 26.4 Å². The van der Waals surface area contributed by atoms with E-state index in [-0.39, 0.29) is 5.84 Å². The Morgan fingerprint density at radius 2 is 2.10 bits per heavy atom. The van der Waals surface area contributed by atoms with Gasteiger partial charge in [0, 0.05) is 37.4 Å². The van der Waals surface area contributed by atoms with Crippen LogP contribution in [0.3, 0.4) is 0 Å². The molecule has 0 atom stereocenters. The number of methoxy groups -OCH3 is 2. The molecule has 0 aliphatic heterocycles. The van der Waals surface area contributed by atoms with Crippen molar-refractivity contribution in [1.29, 1.82) is 0 Å². The molecule has 0 aliphatic rings. The van der Waals surface area contributed by atoms with Crippen LogP contribution in [0.4, 0.5) is 0 Å². The van der Waals surface area contributed by atoms with Gasteiger partial charge in [0.15, 0.2) is 5.84 Å². The fraction of sp³-hybridized carbons (Fsp3) is 0.533. The third-order valence-electron chi connectivity index (χ3n) is 3.37. The van der Waals surface area contributed by atoms with Crippen LogP contribution in [-0.2, 0) is 11.3 Å². The molecule has 0 saturated heterocycles. The van der Waals surface area contributed by atoms with Gasteiger partial charge in [0.2, 0.25) is 0 Å². The highest BCUT2D eigenvalue weighted by atomic mass is 16.5. The summed E-state index contributed by atoms with van der Waals surface area (Å²) >= 11 is 0. The molecule has 1 aromatic carbocycles. The molecule has 0 radical (unpaired) electrons. The van der Waals surface area contributed by atoms with Gasteiger partial charge in [0.05, 0.1) is 13.7 Å². The summed E-state index contributed by atoms with van der Waals surface area (Å²) in [7, 11) is 3.33. The van der Waals surface area contributed by atoms with Gasteiger partial charge in [-0.2, -0.15) is 0 Å². The van der Waals surface area contributed by atoms with Crippen molar-refractivity contribution < 1.29 is 14.7 Å². The summed E-state index contributed by atoms with van der Waals surface area (Å²) < 4.78 is 10.5. The Hall–Kier alpha value is -1.79. The molecule has 3 N–H and O–H groups in total. The molecule has 0 unspecified atom stereocenters. The predicted octanol–water partition coefficient (Wildman–Crippen LogP) is 1.65. The van der Waals surface area contributed by atoms with E-state index in [1.807, 2.05) is 12.1 Å². The van der Waals surface area contributed by atoms with Crippen LogP contribution >= 0.6 is 0 Å². The van der Waals surface area contributed by atoms with E-state index in [2.05, 4.69) is 23.9 Å². The lowest BCUT2D eigenvalue weighted by Gasteiger charge is -2.27. The van der Waals surface area contributed by atoms with Crippen LogP contribution in [0.15, 0.2) is 23.4 Å². The summed E-state index contributed by atoms with van der Waals surface area (Å²) in [5, 5.41) is 11.8. The summed E-state index contributed by atoms with van der Waals surface area (Å²) in [4.78, 5) is 2.28. The molecule has 6 heteroatoms. The zero-order chi connectivity index (χ0) is 15.8. The number of hydrogen-bond donors (Lipinski definition) is 2. The number of nitrogens with zero attached hydrogens (tertiary/aromatic N) is 2. The molecule has 0 bridgehead atoms. The van der Waals surface area contributed by atoms with Crippen LogP contribution in [0.2, 0.25) is 0 Å². The first-order valence-corrected chi connectivity index (χ1v) is 6.91. The lowest BCUT2D eigenvalue weighted by Crippen LogP contribution is -2.33. The van der Waals surface area contributed by atoms with Crippen LogP contribution in [0, 0.1) is 0 Å². The maximum Gasteiger partial charge on any atom is 0.170 e. The van der Waals surface area contributed by atoms with Gasteiger partial charge in [-0.15, -0.1) is 0 Å². The normalized spacial score (nSPS) is 12.2. The maximum absolute atomic E-state index is 8.80. The van der Waals surface area contributed by atoms with Crippen molar-refractivity contribution in [3.63, 3.8) is 0 Å². The Bertz CT molecular complexity index is 475. The van der Waals surface area contributed by atoms with Crippen LogP contribution in [0.5, 0.6) is 5.75 Å². The topological polar surface area (TPSA) is 80.3 Å². The Morgan fingerprint density at radius 1 is 1.38 bits per heavy atom. The molecule has 1 rings (SSSR count). The smallest absolute Gasteiger partial charge is 0.170 e. The van der Waals surface area contributed by atoms with Crippen LogP contribution in [0.1, 0.15) is 25.0 Å². The SMILES string of the molecule is COCCN(Cc1cc(/C(N)=N/O)ccc1OC)C(C)C. The maximum atomic E-state index is 8.80. The molecule has 0 saturated carbocycles. The summed E-state index contributed by atoms with van der Waals surface area (Å²) in [5.41, 5.74) is 7.31. The van der Waals surface area contributed by atoms with Gasteiger partial charge in [0.25, 0.3) is 0 Å². The van der Waals surface area contributed by atoms with Gasteiger partial charge < -0.3 is 20.4 Å². The first-order valence-electron chi connectivity index (χ1n) is 6.91. The van der Waals surface area contributed by atoms with Crippen molar-refractivity contribution in [1.82, 2.24) is 4.90 Å². The lowest BCUT2D eigenvalue weighted by atomic mass is 10.1. The van der Waals surface area contributed by atoms with Crippen LogP contribution < -0.4 is 10.5 Å². The minimum atomic E-state index is 0.0897. The minimum absolute atomic E-state index is 0.0897. The van der Waals surface area contributed by atoms with Crippen LogP contribution in [0.25, 0.3) is 0 Å². The van der Waals surface area contributed by atoms with Gasteiger partial charge in [-0.25, -0.2) is 0 Å². The van der Waals surface area contributed by atoms with E-state index in [0.717, 1.165) is 17.9 Å². The molecule has 0 fully saturated rings. The molecule has 21 heavy (non-hydrogen) atoms. The Kier molecular flexibility index (Phi) is 6.98. The summed E-state index contributed by atoms with van der Waals surface area (Å²) in [5.74, 6) is 0.874. The van der Waals surface area contributed by atoms with Gasteiger partial charge in [-0.05, 0) is 32.0 Å². The summed E-state index contributed by atoms with van der Waals surface area (Å²) in [6, 6.07) is 5.86. The van der Waals surface area contributed by atoms with Crippen molar-refractivity contribution in [2.75, 3.05) is 27.4 Å². The number of oxime groups is 1. The number of amidine groups is 1. The third kappa shape index (κ3) is 4.91. The number of rotatable bonds is 8. The molecule has 0 heterocycles. The minimum Gasteiger partial charge on any atom is -0.496 e. The molecule has 0 amide bonds. The number of ether oxygens (including phenoxy) is 2. The second-order valence-electron chi connectivity index (χ2n) is 5.07. The summed E-state index contributed by atoms with van der Waals surface area (Å²) in [6.45, 7) is 6.47. The molecule has 1 aromatic rings. The average Bonchev–Trinajstić information content (AvgIpc) is 2.50. The van der Waals surface area contributed by atoms with E-state index < -0.39 is 0 Å². The zero-order valence-corrected chi connectivity index (χ0v) is 13.2. The van der Waals surface area contributed by atoms with Crippen molar-refractivity contribution >= 4 is 5.84 Å². The Morgan fingerprint density at radius 3 is 2.62 bits per heavy atom.